The number of rotatable bonds is 5. The number of hydrogen-bond donors (Lipinski definition) is 0. The molecule has 8 heteroatoms. The van der Waals surface area contributed by atoms with Crippen molar-refractivity contribution in [3.8, 4) is 16.9 Å². The second-order valence-corrected chi connectivity index (χ2v) is 8.98. The van der Waals surface area contributed by atoms with Crippen LogP contribution < -0.4 is 4.74 Å². The fraction of sp³-hybridized carbons (Fsp3) is 0.478. The van der Waals surface area contributed by atoms with Crippen LogP contribution in [0.5, 0.6) is 5.75 Å². The maximum absolute atomic E-state index is 14.6. The maximum atomic E-state index is 14.6. The Hall–Kier alpha value is -2.41. The lowest BCUT2D eigenvalue weighted by Crippen LogP contribution is -2.41. The summed E-state index contributed by atoms with van der Waals surface area (Å²) >= 11 is 5.86. The summed E-state index contributed by atoms with van der Waals surface area (Å²) < 4.78 is 40.2. The highest BCUT2D eigenvalue weighted by Crippen LogP contribution is 2.39. The summed E-state index contributed by atoms with van der Waals surface area (Å²) in [5, 5.41) is 0.322. The third-order valence-electron chi connectivity index (χ3n) is 5.99. The van der Waals surface area contributed by atoms with E-state index in [9.17, 15) is 13.6 Å². The van der Waals surface area contributed by atoms with Crippen LogP contribution in [0.25, 0.3) is 11.1 Å². The number of piperidine rings is 1. The monoisotopic (exact) mass is 450 g/mol. The lowest BCUT2D eigenvalue weighted by atomic mass is 9.98. The first-order chi connectivity index (χ1) is 14.7. The van der Waals surface area contributed by atoms with Crippen molar-refractivity contribution >= 4 is 17.7 Å². The van der Waals surface area contributed by atoms with E-state index in [1.807, 2.05) is 6.92 Å². The Morgan fingerprint density at radius 2 is 1.87 bits per heavy atom. The number of ether oxygens (including phenoxy) is 2. The van der Waals surface area contributed by atoms with Crippen molar-refractivity contribution in [3.05, 3.63) is 46.7 Å². The molecule has 1 aromatic heterocycles. The first-order valence-electron chi connectivity index (χ1n) is 10.5. The zero-order chi connectivity index (χ0) is 22.2. The molecule has 1 saturated heterocycles. The van der Waals surface area contributed by atoms with Crippen molar-refractivity contribution in [1.82, 2.24) is 9.88 Å². The lowest BCUT2D eigenvalue weighted by Gasteiger charge is -2.32. The van der Waals surface area contributed by atoms with Gasteiger partial charge in [0.05, 0.1) is 6.61 Å². The molecule has 1 aromatic carbocycles. The molecule has 2 fully saturated rings. The van der Waals surface area contributed by atoms with Crippen molar-refractivity contribution in [1.29, 1.82) is 0 Å². The summed E-state index contributed by atoms with van der Waals surface area (Å²) in [5.74, 6) is -1.79. The van der Waals surface area contributed by atoms with Crippen molar-refractivity contribution < 1.29 is 23.0 Å². The summed E-state index contributed by atoms with van der Waals surface area (Å²) in [5.41, 5.74) is 1.27. The Bertz CT molecular complexity index is 966. The summed E-state index contributed by atoms with van der Waals surface area (Å²) in [4.78, 5) is 18.0. The van der Waals surface area contributed by atoms with Gasteiger partial charge in [0.15, 0.2) is 17.4 Å². The molecule has 0 spiro atoms. The molecule has 0 unspecified atom stereocenters. The van der Waals surface area contributed by atoms with Gasteiger partial charge in [-0.15, -0.1) is 0 Å². The fourth-order valence-electron chi connectivity index (χ4n) is 3.73. The van der Waals surface area contributed by atoms with Crippen LogP contribution in [0.4, 0.5) is 13.6 Å². The van der Waals surface area contributed by atoms with Gasteiger partial charge < -0.3 is 14.4 Å². The average molecular weight is 451 g/mol. The maximum Gasteiger partial charge on any atom is 0.410 e. The molecule has 1 aliphatic carbocycles. The van der Waals surface area contributed by atoms with Crippen LogP contribution in [0.3, 0.4) is 0 Å². The number of amides is 1. The number of carbonyl (C=O) groups is 1. The second kappa shape index (κ2) is 8.61. The molecular weight excluding hydrogens is 426 g/mol. The minimum Gasteiger partial charge on any atom is -0.487 e. The lowest BCUT2D eigenvalue weighted by molar-refractivity contribution is 0.0453. The predicted molar refractivity (Wildman–Crippen MR) is 113 cm³/mol. The van der Waals surface area contributed by atoms with Gasteiger partial charge >= 0.3 is 6.09 Å². The molecule has 31 heavy (non-hydrogen) atoms. The summed E-state index contributed by atoms with van der Waals surface area (Å²) in [6.45, 7) is 4.96. The van der Waals surface area contributed by atoms with Crippen LogP contribution in [-0.4, -0.2) is 41.3 Å². The Morgan fingerprint density at radius 3 is 2.45 bits per heavy atom. The molecule has 4 rings (SSSR count). The van der Waals surface area contributed by atoms with Gasteiger partial charge in [-0.2, -0.15) is 0 Å². The quantitative estimate of drug-likeness (QED) is 0.543. The highest BCUT2D eigenvalue weighted by Gasteiger charge is 2.43. The highest BCUT2D eigenvalue weighted by molar-refractivity contribution is 6.29. The van der Waals surface area contributed by atoms with Gasteiger partial charge in [0, 0.05) is 24.3 Å². The third-order valence-corrected chi connectivity index (χ3v) is 6.20. The minimum atomic E-state index is -0.761. The van der Waals surface area contributed by atoms with Crippen LogP contribution in [0.15, 0.2) is 24.3 Å². The van der Waals surface area contributed by atoms with E-state index in [1.165, 1.54) is 12.1 Å². The Morgan fingerprint density at radius 1 is 1.23 bits per heavy atom. The Kier molecular flexibility index (Phi) is 6.06. The molecule has 2 heterocycles. The van der Waals surface area contributed by atoms with Gasteiger partial charge in [0.25, 0.3) is 0 Å². The van der Waals surface area contributed by atoms with E-state index in [4.69, 9.17) is 21.1 Å². The van der Waals surface area contributed by atoms with E-state index in [-0.39, 0.29) is 30.0 Å². The van der Waals surface area contributed by atoms with Gasteiger partial charge in [-0.3, -0.25) is 0 Å². The SMILES string of the molecule is Cc1nc(Cl)ccc1-c1cc(F)c(OCC2CCN(C(=O)OC3(C)CC3)CC2)c(F)c1. The van der Waals surface area contributed by atoms with E-state index in [0.29, 0.717) is 47.9 Å². The standard InChI is InChI=1S/C23H25ClF2N2O3/c1-14-17(3-4-20(24)27-14)16-11-18(25)21(19(26)12-16)30-13-15-5-9-28(10-6-15)22(29)31-23(2)7-8-23/h3-4,11-12,15H,5-10,13H2,1-2H3. The van der Waals surface area contributed by atoms with Crippen molar-refractivity contribution in [2.75, 3.05) is 19.7 Å². The van der Waals surface area contributed by atoms with Crippen molar-refractivity contribution in [2.24, 2.45) is 5.92 Å². The zero-order valence-corrected chi connectivity index (χ0v) is 18.3. The molecule has 2 aliphatic rings. The topological polar surface area (TPSA) is 51.7 Å². The molecule has 0 bridgehead atoms. The first-order valence-corrected chi connectivity index (χ1v) is 10.9. The van der Waals surface area contributed by atoms with Crippen molar-refractivity contribution in [3.63, 3.8) is 0 Å². The summed E-state index contributed by atoms with van der Waals surface area (Å²) in [6.07, 6.45) is 2.94. The molecule has 0 N–H and O–H groups in total. The van der Waals surface area contributed by atoms with Crippen LogP contribution >= 0.6 is 11.6 Å². The van der Waals surface area contributed by atoms with Gasteiger partial charge in [-0.25, -0.2) is 18.6 Å². The second-order valence-electron chi connectivity index (χ2n) is 8.60. The Balaban J connectivity index is 1.34. The van der Waals surface area contributed by atoms with Crippen LogP contribution in [0.1, 0.15) is 38.3 Å². The zero-order valence-electron chi connectivity index (χ0n) is 17.6. The molecule has 1 aliphatic heterocycles. The van der Waals surface area contributed by atoms with E-state index < -0.39 is 11.6 Å². The first kappa shape index (κ1) is 21.8. The number of pyridine rings is 1. The van der Waals surface area contributed by atoms with Crippen LogP contribution in [0, 0.1) is 24.5 Å². The molecule has 1 amide bonds. The number of benzene rings is 1. The number of nitrogens with zero attached hydrogens (tertiary/aromatic N) is 2. The highest BCUT2D eigenvalue weighted by atomic mass is 35.5. The van der Waals surface area contributed by atoms with E-state index in [0.717, 1.165) is 12.8 Å². The number of aromatic nitrogens is 1. The van der Waals surface area contributed by atoms with E-state index in [1.54, 1.807) is 24.0 Å². The van der Waals surface area contributed by atoms with Crippen LogP contribution in [0.2, 0.25) is 5.15 Å². The van der Waals surface area contributed by atoms with Gasteiger partial charge in [-0.1, -0.05) is 11.6 Å². The number of halogens is 3. The van der Waals surface area contributed by atoms with Crippen LogP contribution in [-0.2, 0) is 4.74 Å². The largest absolute Gasteiger partial charge is 0.487 e. The molecule has 0 atom stereocenters. The molecule has 5 nitrogen and oxygen atoms in total. The molecule has 166 valence electrons. The summed E-state index contributed by atoms with van der Waals surface area (Å²) in [7, 11) is 0. The van der Waals surface area contributed by atoms with E-state index >= 15 is 0 Å². The summed E-state index contributed by atoms with van der Waals surface area (Å²) in [6, 6.07) is 5.75. The number of aryl methyl sites for hydroxylation is 1. The van der Waals surface area contributed by atoms with Crippen molar-refractivity contribution in [2.45, 2.75) is 45.1 Å². The smallest absolute Gasteiger partial charge is 0.410 e. The minimum absolute atomic E-state index is 0.113. The Labute approximate surface area is 185 Å². The normalized spacial score (nSPS) is 18.0. The average Bonchev–Trinajstić information content (AvgIpc) is 3.44. The van der Waals surface area contributed by atoms with Gasteiger partial charge in [0.1, 0.15) is 10.8 Å². The number of hydrogen-bond acceptors (Lipinski definition) is 4. The molecular formula is C23H25ClF2N2O3. The molecule has 0 radical (unpaired) electrons. The third kappa shape index (κ3) is 5.09. The number of carbonyl (C=O) groups excluding carboxylic acids is 1. The van der Waals surface area contributed by atoms with E-state index in [2.05, 4.69) is 4.98 Å². The molecule has 2 aromatic rings. The van der Waals surface area contributed by atoms with Gasteiger partial charge in [-0.05, 0) is 75.3 Å². The van der Waals surface area contributed by atoms with Gasteiger partial charge in [0.2, 0.25) is 0 Å². The predicted octanol–water partition coefficient (Wildman–Crippen LogP) is 5.77. The molecule has 1 saturated carbocycles. The fourth-order valence-corrected chi connectivity index (χ4v) is 3.92. The number of likely N-dealkylation sites (tertiary alicyclic amines) is 1.